The molecule has 106 valence electrons. The van der Waals surface area contributed by atoms with Gasteiger partial charge in [0.05, 0.1) is 25.2 Å². The second-order valence-electron chi connectivity index (χ2n) is 5.03. The van der Waals surface area contributed by atoms with Crippen molar-refractivity contribution in [2.75, 3.05) is 14.2 Å². The van der Waals surface area contributed by atoms with Crippen molar-refractivity contribution in [3.63, 3.8) is 0 Å². The van der Waals surface area contributed by atoms with E-state index in [0.717, 1.165) is 11.1 Å². The third-order valence-corrected chi connectivity index (χ3v) is 3.30. The molecule has 0 amide bonds. The van der Waals surface area contributed by atoms with Crippen LogP contribution in [-0.4, -0.2) is 25.3 Å². The Morgan fingerprint density at radius 3 is 2.47 bits per heavy atom. The lowest BCUT2D eigenvalue weighted by atomic mass is 9.79. The Balaban J connectivity index is 3.31. The van der Waals surface area contributed by atoms with Gasteiger partial charge in [0.1, 0.15) is 5.75 Å². The normalized spacial score (nSPS) is 11.4. The number of carboxylic acids is 1. The lowest BCUT2D eigenvalue weighted by Gasteiger charge is -2.27. The van der Waals surface area contributed by atoms with E-state index < -0.39 is 11.4 Å². The standard InChI is InChI=1S/C14H19ClO4/c1-14(2,7-13(16)17)10-6-11(15)12(19-4)5-9(10)8-18-3/h5-6H,7-8H2,1-4H3,(H,16,17). The summed E-state index contributed by atoms with van der Waals surface area (Å²) in [4.78, 5) is 11.0. The second-order valence-corrected chi connectivity index (χ2v) is 5.44. The Labute approximate surface area is 118 Å². The van der Waals surface area contributed by atoms with E-state index in [9.17, 15) is 4.79 Å². The monoisotopic (exact) mass is 286 g/mol. The smallest absolute Gasteiger partial charge is 0.304 e. The molecule has 19 heavy (non-hydrogen) atoms. The number of benzene rings is 1. The van der Waals surface area contributed by atoms with Gasteiger partial charge in [-0.25, -0.2) is 0 Å². The molecule has 1 aromatic carbocycles. The quantitative estimate of drug-likeness (QED) is 0.872. The Morgan fingerprint density at radius 1 is 1.37 bits per heavy atom. The number of halogens is 1. The molecule has 0 saturated heterocycles. The van der Waals surface area contributed by atoms with Crippen LogP contribution < -0.4 is 4.74 Å². The zero-order valence-electron chi connectivity index (χ0n) is 11.6. The van der Waals surface area contributed by atoms with Crippen molar-refractivity contribution >= 4 is 17.6 Å². The van der Waals surface area contributed by atoms with Crippen LogP contribution in [0.5, 0.6) is 5.75 Å². The van der Waals surface area contributed by atoms with Gasteiger partial charge in [-0.05, 0) is 23.3 Å². The highest BCUT2D eigenvalue weighted by molar-refractivity contribution is 6.32. The molecule has 1 N–H and O–H groups in total. The Bertz CT molecular complexity index is 469. The fourth-order valence-corrected chi connectivity index (χ4v) is 2.37. The fraction of sp³-hybridized carbons (Fsp3) is 0.500. The van der Waals surface area contributed by atoms with Crippen molar-refractivity contribution in [2.45, 2.75) is 32.3 Å². The topological polar surface area (TPSA) is 55.8 Å². The molecule has 1 rings (SSSR count). The summed E-state index contributed by atoms with van der Waals surface area (Å²) in [5.74, 6) is -0.288. The highest BCUT2D eigenvalue weighted by Gasteiger charge is 2.28. The van der Waals surface area contributed by atoms with Gasteiger partial charge in [-0.3, -0.25) is 4.79 Å². The van der Waals surface area contributed by atoms with E-state index in [1.807, 2.05) is 13.8 Å². The first-order chi connectivity index (χ1) is 8.81. The predicted octanol–water partition coefficient (Wildman–Crippen LogP) is 3.25. The molecule has 0 spiro atoms. The maximum atomic E-state index is 11.0. The summed E-state index contributed by atoms with van der Waals surface area (Å²) in [6.07, 6.45) is 0.0202. The third kappa shape index (κ3) is 3.85. The maximum Gasteiger partial charge on any atom is 0.304 e. The molecule has 1 aromatic rings. The minimum atomic E-state index is -0.847. The van der Waals surface area contributed by atoms with Gasteiger partial charge < -0.3 is 14.6 Å². The summed E-state index contributed by atoms with van der Waals surface area (Å²) in [6, 6.07) is 3.56. The largest absolute Gasteiger partial charge is 0.495 e. The van der Waals surface area contributed by atoms with Gasteiger partial charge in [0.2, 0.25) is 0 Å². The second kappa shape index (κ2) is 6.26. The zero-order valence-corrected chi connectivity index (χ0v) is 12.4. The molecule has 0 fully saturated rings. The van der Waals surface area contributed by atoms with E-state index in [1.54, 1.807) is 26.4 Å². The zero-order chi connectivity index (χ0) is 14.6. The van der Waals surface area contributed by atoms with E-state index >= 15 is 0 Å². The lowest BCUT2D eigenvalue weighted by Crippen LogP contribution is -2.23. The van der Waals surface area contributed by atoms with E-state index in [1.165, 1.54) is 0 Å². The SMILES string of the molecule is COCc1cc(OC)c(Cl)cc1C(C)(C)CC(=O)O. The lowest BCUT2D eigenvalue weighted by molar-refractivity contribution is -0.138. The highest BCUT2D eigenvalue weighted by atomic mass is 35.5. The average molecular weight is 287 g/mol. The van der Waals surface area contributed by atoms with Gasteiger partial charge in [0.25, 0.3) is 0 Å². The van der Waals surface area contributed by atoms with Crippen molar-refractivity contribution in [1.82, 2.24) is 0 Å². The van der Waals surface area contributed by atoms with Crippen molar-refractivity contribution < 1.29 is 19.4 Å². The molecule has 0 aromatic heterocycles. The van der Waals surface area contributed by atoms with Gasteiger partial charge in [0.15, 0.2) is 0 Å². The Kier molecular flexibility index (Phi) is 5.20. The van der Waals surface area contributed by atoms with Crippen LogP contribution in [0, 0.1) is 0 Å². The molecule has 4 nitrogen and oxygen atoms in total. The molecule has 5 heteroatoms. The minimum absolute atomic E-state index is 0.0202. The van der Waals surface area contributed by atoms with Crippen LogP contribution in [-0.2, 0) is 21.6 Å². The Morgan fingerprint density at radius 2 is 2.00 bits per heavy atom. The van der Waals surface area contributed by atoms with Gasteiger partial charge >= 0.3 is 5.97 Å². The van der Waals surface area contributed by atoms with Gasteiger partial charge in [-0.1, -0.05) is 25.4 Å². The van der Waals surface area contributed by atoms with E-state index in [0.29, 0.717) is 17.4 Å². The van der Waals surface area contributed by atoms with Crippen LogP contribution in [0.15, 0.2) is 12.1 Å². The molecule has 0 atom stereocenters. The molecule has 0 aliphatic heterocycles. The summed E-state index contributed by atoms with van der Waals surface area (Å²) in [7, 11) is 3.13. The van der Waals surface area contributed by atoms with Crippen LogP contribution >= 0.6 is 11.6 Å². The van der Waals surface area contributed by atoms with Crippen LogP contribution in [0.2, 0.25) is 5.02 Å². The molecule has 0 saturated carbocycles. The van der Waals surface area contributed by atoms with Crippen molar-refractivity contribution in [1.29, 1.82) is 0 Å². The van der Waals surface area contributed by atoms with Crippen molar-refractivity contribution in [2.24, 2.45) is 0 Å². The van der Waals surface area contributed by atoms with Crippen LogP contribution in [0.3, 0.4) is 0 Å². The Hall–Kier alpha value is -1.26. The summed E-state index contributed by atoms with van der Waals surface area (Å²) in [5, 5.41) is 9.48. The van der Waals surface area contributed by atoms with Crippen LogP contribution in [0.25, 0.3) is 0 Å². The minimum Gasteiger partial charge on any atom is -0.495 e. The summed E-state index contributed by atoms with van der Waals surface area (Å²) in [6.45, 7) is 4.13. The first-order valence-electron chi connectivity index (χ1n) is 5.89. The number of aliphatic carboxylic acids is 1. The van der Waals surface area contributed by atoms with Gasteiger partial charge in [-0.2, -0.15) is 0 Å². The number of ether oxygens (including phenoxy) is 2. The number of hydrogen-bond donors (Lipinski definition) is 1. The number of carbonyl (C=O) groups is 1. The molecular formula is C14H19ClO4. The van der Waals surface area contributed by atoms with E-state index in [4.69, 9.17) is 26.2 Å². The van der Waals surface area contributed by atoms with Crippen LogP contribution in [0.1, 0.15) is 31.4 Å². The van der Waals surface area contributed by atoms with Gasteiger partial charge in [0, 0.05) is 12.5 Å². The molecule has 0 radical (unpaired) electrons. The molecule has 0 bridgehead atoms. The molecular weight excluding hydrogens is 268 g/mol. The molecule has 0 heterocycles. The summed E-state index contributed by atoms with van der Waals surface area (Å²) < 4.78 is 10.3. The third-order valence-electron chi connectivity index (χ3n) is 3.00. The number of methoxy groups -OCH3 is 2. The first-order valence-corrected chi connectivity index (χ1v) is 6.27. The molecule has 0 unspecified atom stereocenters. The number of rotatable bonds is 6. The summed E-state index contributed by atoms with van der Waals surface area (Å²) >= 11 is 6.13. The number of carboxylic acid groups (broad SMARTS) is 1. The highest BCUT2D eigenvalue weighted by Crippen LogP contribution is 2.36. The molecule has 0 aliphatic rings. The molecule has 0 aliphatic carbocycles. The van der Waals surface area contributed by atoms with E-state index in [2.05, 4.69) is 0 Å². The van der Waals surface area contributed by atoms with E-state index in [-0.39, 0.29) is 6.42 Å². The maximum absolute atomic E-state index is 11.0. The van der Waals surface area contributed by atoms with Gasteiger partial charge in [-0.15, -0.1) is 0 Å². The van der Waals surface area contributed by atoms with Crippen molar-refractivity contribution in [3.8, 4) is 5.75 Å². The summed E-state index contributed by atoms with van der Waals surface area (Å²) in [5.41, 5.74) is 1.22. The number of hydrogen-bond acceptors (Lipinski definition) is 3. The van der Waals surface area contributed by atoms with Crippen LogP contribution in [0.4, 0.5) is 0 Å². The predicted molar refractivity (Wildman–Crippen MR) is 74.0 cm³/mol. The first kappa shape index (κ1) is 15.8. The fourth-order valence-electron chi connectivity index (χ4n) is 2.13. The van der Waals surface area contributed by atoms with Crippen molar-refractivity contribution in [3.05, 3.63) is 28.3 Å². The average Bonchev–Trinajstić information content (AvgIpc) is 2.29.